The highest BCUT2D eigenvalue weighted by Gasteiger charge is 2.19. The van der Waals surface area contributed by atoms with Gasteiger partial charge in [-0.1, -0.05) is 23.1 Å². The minimum Gasteiger partial charge on any atom is -0.490 e. The van der Waals surface area contributed by atoms with Crippen molar-refractivity contribution < 1.29 is 14.3 Å². The first-order chi connectivity index (χ1) is 16.3. The molecule has 0 spiro atoms. The summed E-state index contributed by atoms with van der Waals surface area (Å²) in [5.74, 6) is 1.39. The van der Waals surface area contributed by atoms with Crippen LogP contribution in [0.3, 0.4) is 0 Å². The van der Waals surface area contributed by atoms with Crippen molar-refractivity contribution in [3.63, 3.8) is 0 Å². The summed E-state index contributed by atoms with van der Waals surface area (Å²) in [6.45, 7) is 1.76. The Kier molecular flexibility index (Phi) is 7.52. The van der Waals surface area contributed by atoms with Crippen LogP contribution in [0.4, 0.5) is 5.13 Å². The number of aryl methyl sites for hydroxylation is 1. The SMILES string of the molecule is Cc1nc(NC(=O)CSc2nnc(-c3ccc(OC4CCCC4)cc3)n2C)sc1C(=O)N(C)C. The zero-order chi connectivity index (χ0) is 24.2. The number of carbonyl (C=O) groups is 2. The largest absolute Gasteiger partial charge is 0.490 e. The maximum absolute atomic E-state index is 12.4. The van der Waals surface area contributed by atoms with Crippen LogP contribution in [0.5, 0.6) is 5.75 Å². The number of amides is 2. The first-order valence-electron chi connectivity index (χ1n) is 11.1. The summed E-state index contributed by atoms with van der Waals surface area (Å²) in [7, 11) is 5.25. The van der Waals surface area contributed by atoms with Crippen molar-refractivity contribution in [2.24, 2.45) is 7.05 Å². The maximum Gasteiger partial charge on any atom is 0.265 e. The zero-order valence-corrected chi connectivity index (χ0v) is 21.3. The second-order valence-electron chi connectivity index (χ2n) is 8.38. The minimum absolute atomic E-state index is 0.130. The number of aromatic nitrogens is 4. The molecule has 0 unspecified atom stereocenters. The number of anilines is 1. The Labute approximate surface area is 206 Å². The molecule has 1 N–H and O–H groups in total. The minimum atomic E-state index is -0.222. The van der Waals surface area contributed by atoms with Gasteiger partial charge >= 0.3 is 0 Å². The summed E-state index contributed by atoms with van der Waals surface area (Å²) in [6, 6.07) is 7.89. The lowest BCUT2D eigenvalue weighted by atomic mass is 10.2. The Hall–Kier alpha value is -2.92. The molecule has 1 aliphatic carbocycles. The molecule has 3 aromatic rings. The highest BCUT2D eigenvalue weighted by molar-refractivity contribution is 7.99. The van der Waals surface area contributed by atoms with Gasteiger partial charge in [0.1, 0.15) is 10.6 Å². The molecule has 0 bridgehead atoms. The lowest BCUT2D eigenvalue weighted by molar-refractivity contribution is -0.113. The third kappa shape index (κ3) is 5.58. The highest BCUT2D eigenvalue weighted by atomic mass is 32.2. The van der Waals surface area contributed by atoms with Gasteiger partial charge in [0.15, 0.2) is 16.1 Å². The molecule has 11 heteroatoms. The van der Waals surface area contributed by atoms with Crippen LogP contribution in [0, 0.1) is 6.92 Å². The Morgan fingerprint density at radius 3 is 2.59 bits per heavy atom. The summed E-state index contributed by atoms with van der Waals surface area (Å²) in [4.78, 5) is 30.9. The quantitative estimate of drug-likeness (QED) is 0.466. The van der Waals surface area contributed by atoms with E-state index in [2.05, 4.69) is 20.5 Å². The fraction of sp³-hybridized carbons (Fsp3) is 0.435. The van der Waals surface area contributed by atoms with Gasteiger partial charge in [-0.2, -0.15) is 0 Å². The van der Waals surface area contributed by atoms with E-state index in [1.807, 2.05) is 35.9 Å². The van der Waals surface area contributed by atoms with E-state index in [0.717, 1.165) is 30.0 Å². The van der Waals surface area contributed by atoms with Gasteiger partial charge in [0.05, 0.1) is 17.6 Å². The number of nitrogens with zero attached hydrogens (tertiary/aromatic N) is 5. The summed E-state index contributed by atoms with van der Waals surface area (Å²) in [5, 5.41) is 12.3. The summed E-state index contributed by atoms with van der Waals surface area (Å²) < 4.78 is 7.90. The molecule has 1 aliphatic rings. The van der Waals surface area contributed by atoms with Crippen LogP contribution >= 0.6 is 23.1 Å². The topological polar surface area (TPSA) is 102 Å². The number of nitrogens with one attached hydrogen (secondary N) is 1. The van der Waals surface area contributed by atoms with Crippen LogP contribution < -0.4 is 10.1 Å². The predicted octanol–water partition coefficient (Wildman–Crippen LogP) is 4.00. The number of carbonyl (C=O) groups excluding carboxylic acids is 2. The van der Waals surface area contributed by atoms with E-state index in [-0.39, 0.29) is 17.6 Å². The van der Waals surface area contributed by atoms with Crippen molar-refractivity contribution in [2.75, 3.05) is 25.2 Å². The molecule has 0 radical (unpaired) electrons. The number of hydrogen-bond acceptors (Lipinski definition) is 8. The zero-order valence-electron chi connectivity index (χ0n) is 19.7. The van der Waals surface area contributed by atoms with Crippen LogP contribution in [0.15, 0.2) is 29.4 Å². The van der Waals surface area contributed by atoms with Crippen LogP contribution in [0.2, 0.25) is 0 Å². The van der Waals surface area contributed by atoms with Crippen molar-refractivity contribution in [1.29, 1.82) is 0 Å². The van der Waals surface area contributed by atoms with Gasteiger partial charge in [-0.15, -0.1) is 10.2 Å². The second kappa shape index (κ2) is 10.6. The summed E-state index contributed by atoms with van der Waals surface area (Å²) in [5.41, 5.74) is 1.53. The van der Waals surface area contributed by atoms with Crippen LogP contribution in [-0.2, 0) is 11.8 Å². The van der Waals surface area contributed by atoms with E-state index in [1.165, 1.54) is 40.8 Å². The molecule has 2 amide bonds. The van der Waals surface area contributed by atoms with Gasteiger partial charge in [-0.25, -0.2) is 4.98 Å². The number of thiazole rings is 1. The fourth-order valence-electron chi connectivity index (χ4n) is 3.71. The van der Waals surface area contributed by atoms with Crippen molar-refractivity contribution in [3.8, 4) is 17.1 Å². The fourth-order valence-corrected chi connectivity index (χ4v) is 5.43. The average Bonchev–Trinajstić information content (AvgIpc) is 3.53. The number of benzene rings is 1. The number of rotatable bonds is 8. The Bertz CT molecular complexity index is 1170. The molecule has 0 saturated heterocycles. The van der Waals surface area contributed by atoms with Crippen molar-refractivity contribution in [1.82, 2.24) is 24.6 Å². The molecule has 9 nitrogen and oxygen atoms in total. The van der Waals surface area contributed by atoms with Crippen LogP contribution in [-0.4, -0.2) is 62.4 Å². The third-order valence-electron chi connectivity index (χ3n) is 5.53. The van der Waals surface area contributed by atoms with E-state index in [1.54, 1.807) is 21.0 Å². The molecule has 0 aliphatic heterocycles. The molecular formula is C23H28N6O3S2. The predicted molar refractivity (Wildman–Crippen MR) is 134 cm³/mol. The molecule has 180 valence electrons. The van der Waals surface area contributed by atoms with E-state index in [9.17, 15) is 9.59 Å². The van der Waals surface area contributed by atoms with Gasteiger partial charge in [0, 0.05) is 26.7 Å². The molecule has 0 atom stereocenters. The summed E-state index contributed by atoms with van der Waals surface area (Å²) >= 11 is 2.47. The Morgan fingerprint density at radius 2 is 1.91 bits per heavy atom. The Morgan fingerprint density at radius 1 is 1.21 bits per heavy atom. The van der Waals surface area contributed by atoms with Gasteiger partial charge < -0.3 is 19.5 Å². The van der Waals surface area contributed by atoms with E-state index in [0.29, 0.717) is 27.0 Å². The van der Waals surface area contributed by atoms with Gasteiger partial charge in [-0.3, -0.25) is 9.59 Å². The van der Waals surface area contributed by atoms with E-state index >= 15 is 0 Å². The first kappa shape index (κ1) is 24.2. The standard InChI is InChI=1S/C23H28N6O3S2/c1-14-19(21(31)28(2)3)34-22(24-14)25-18(30)13-33-23-27-26-20(29(23)4)15-9-11-17(12-10-15)32-16-7-5-6-8-16/h9-12,16H,5-8,13H2,1-4H3,(H,24,25,30). The maximum atomic E-state index is 12.4. The molecule has 1 saturated carbocycles. The molecular weight excluding hydrogens is 472 g/mol. The van der Waals surface area contributed by atoms with Crippen molar-refractivity contribution >= 4 is 40.0 Å². The van der Waals surface area contributed by atoms with Gasteiger partial charge in [-0.05, 0) is 56.9 Å². The smallest absolute Gasteiger partial charge is 0.265 e. The number of ether oxygens (including phenoxy) is 1. The normalized spacial score (nSPS) is 13.8. The molecule has 4 rings (SSSR count). The summed E-state index contributed by atoms with van der Waals surface area (Å²) in [6.07, 6.45) is 5.04. The van der Waals surface area contributed by atoms with E-state index in [4.69, 9.17) is 4.74 Å². The van der Waals surface area contributed by atoms with Crippen LogP contribution in [0.25, 0.3) is 11.4 Å². The monoisotopic (exact) mass is 500 g/mol. The third-order valence-corrected chi connectivity index (χ3v) is 7.61. The molecule has 1 fully saturated rings. The highest BCUT2D eigenvalue weighted by Crippen LogP contribution is 2.28. The molecule has 2 aromatic heterocycles. The van der Waals surface area contributed by atoms with Crippen molar-refractivity contribution in [2.45, 2.75) is 43.9 Å². The average molecular weight is 501 g/mol. The lowest BCUT2D eigenvalue weighted by Crippen LogP contribution is -2.21. The molecule has 1 aromatic carbocycles. The Balaban J connectivity index is 1.34. The molecule has 2 heterocycles. The number of hydrogen-bond donors (Lipinski definition) is 1. The molecule has 34 heavy (non-hydrogen) atoms. The van der Waals surface area contributed by atoms with Gasteiger partial charge in [0.25, 0.3) is 5.91 Å². The first-order valence-corrected chi connectivity index (χ1v) is 12.9. The van der Waals surface area contributed by atoms with E-state index < -0.39 is 0 Å². The van der Waals surface area contributed by atoms with Gasteiger partial charge in [0.2, 0.25) is 5.91 Å². The lowest BCUT2D eigenvalue weighted by Gasteiger charge is -2.13. The van der Waals surface area contributed by atoms with Crippen LogP contribution in [0.1, 0.15) is 41.0 Å². The number of thioether (sulfide) groups is 1. The van der Waals surface area contributed by atoms with Crippen molar-refractivity contribution in [3.05, 3.63) is 34.8 Å². The second-order valence-corrected chi connectivity index (χ2v) is 10.3.